The summed E-state index contributed by atoms with van der Waals surface area (Å²) in [4.78, 5) is 0. The van der Waals surface area contributed by atoms with Gasteiger partial charge in [0.15, 0.2) is 0 Å². The molecule has 0 aliphatic heterocycles. The third kappa shape index (κ3) is 4.08. The smallest absolute Gasteiger partial charge is 0.138 e. The highest BCUT2D eigenvalue weighted by Gasteiger charge is 2.15. The van der Waals surface area contributed by atoms with Crippen molar-refractivity contribution in [3.8, 4) is 5.75 Å². The lowest BCUT2D eigenvalue weighted by Gasteiger charge is -2.14. The average Bonchev–Trinajstić information content (AvgIpc) is 2.82. The van der Waals surface area contributed by atoms with Crippen LogP contribution in [-0.2, 0) is 6.54 Å². The van der Waals surface area contributed by atoms with Crippen molar-refractivity contribution in [3.05, 3.63) is 46.8 Å². The third-order valence-electron chi connectivity index (χ3n) is 3.51. The Morgan fingerprint density at radius 3 is 2.81 bits per heavy atom. The fraction of sp³-hybridized carbons (Fsp3) is 0.471. The summed E-state index contributed by atoms with van der Waals surface area (Å²) in [5.41, 5.74) is 3.31. The molecule has 0 saturated heterocycles. The van der Waals surface area contributed by atoms with E-state index in [1.165, 1.54) is 5.56 Å². The maximum atomic E-state index is 5.66. The number of aromatic nitrogens is 1. The Bertz CT molecular complexity index is 558. The molecule has 0 bridgehead atoms. The van der Waals surface area contributed by atoms with Gasteiger partial charge < -0.3 is 14.6 Å². The van der Waals surface area contributed by atoms with Crippen LogP contribution in [0.4, 0.5) is 0 Å². The zero-order valence-corrected chi connectivity index (χ0v) is 13.3. The lowest BCUT2D eigenvalue weighted by molar-refractivity contribution is 0.317. The van der Waals surface area contributed by atoms with E-state index in [0.29, 0.717) is 0 Å². The molecule has 1 aromatic heterocycles. The number of hydrogen-bond acceptors (Lipinski definition) is 4. The van der Waals surface area contributed by atoms with Crippen molar-refractivity contribution in [2.24, 2.45) is 0 Å². The molecule has 1 atom stereocenters. The first-order chi connectivity index (χ1) is 10.1. The van der Waals surface area contributed by atoms with Gasteiger partial charge in [0.25, 0.3) is 0 Å². The Morgan fingerprint density at radius 1 is 1.33 bits per heavy atom. The SMILES string of the molecule is CCCOc1cccc(CNC(C)c2c(C)noc2C)c1. The number of nitrogens with zero attached hydrogens (tertiary/aromatic N) is 1. The minimum Gasteiger partial charge on any atom is -0.494 e. The molecule has 4 heteroatoms. The predicted molar refractivity (Wildman–Crippen MR) is 83.5 cm³/mol. The molecule has 0 fully saturated rings. The molecule has 0 amide bonds. The normalized spacial score (nSPS) is 12.4. The first-order valence-corrected chi connectivity index (χ1v) is 7.49. The Kier molecular flexibility index (Phi) is 5.39. The summed E-state index contributed by atoms with van der Waals surface area (Å²) in [6.07, 6.45) is 1.02. The van der Waals surface area contributed by atoms with Crippen LogP contribution in [0.1, 0.15) is 48.9 Å². The molecule has 2 aromatic rings. The maximum absolute atomic E-state index is 5.66. The molecule has 0 spiro atoms. The molecule has 21 heavy (non-hydrogen) atoms. The first kappa shape index (κ1) is 15.6. The van der Waals surface area contributed by atoms with Crippen molar-refractivity contribution in [1.82, 2.24) is 10.5 Å². The maximum Gasteiger partial charge on any atom is 0.138 e. The highest BCUT2D eigenvalue weighted by Crippen LogP contribution is 2.21. The molecule has 4 nitrogen and oxygen atoms in total. The second kappa shape index (κ2) is 7.27. The van der Waals surface area contributed by atoms with Gasteiger partial charge in [0, 0.05) is 18.2 Å². The lowest BCUT2D eigenvalue weighted by Crippen LogP contribution is -2.19. The number of rotatable bonds is 7. The summed E-state index contributed by atoms with van der Waals surface area (Å²) in [6, 6.07) is 8.42. The van der Waals surface area contributed by atoms with Gasteiger partial charge in [-0.05, 0) is 44.9 Å². The summed E-state index contributed by atoms with van der Waals surface area (Å²) < 4.78 is 10.9. The van der Waals surface area contributed by atoms with E-state index in [2.05, 4.69) is 36.5 Å². The fourth-order valence-corrected chi connectivity index (χ4v) is 2.45. The lowest BCUT2D eigenvalue weighted by atomic mass is 10.1. The molecule has 1 N–H and O–H groups in total. The van der Waals surface area contributed by atoms with E-state index in [0.717, 1.165) is 42.3 Å². The zero-order valence-electron chi connectivity index (χ0n) is 13.3. The number of ether oxygens (including phenoxy) is 1. The van der Waals surface area contributed by atoms with Crippen LogP contribution in [0.2, 0.25) is 0 Å². The fourth-order valence-electron chi connectivity index (χ4n) is 2.45. The Morgan fingerprint density at radius 2 is 2.14 bits per heavy atom. The van der Waals surface area contributed by atoms with Gasteiger partial charge in [-0.1, -0.05) is 24.2 Å². The van der Waals surface area contributed by atoms with Crippen LogP contribution >= 0.6 is 0 Å². The van der Waals surface area contributed by atoms with Gasteiger partial charge in [-0.25, -0.2) is 0 Å². The largest absolute Gasteiger partial charge is 0.494 e. The van der Waals surface area contributed by atoms with E-state index in [1.807, 2.05) is 26.0 Å². The predicted octanol–water partition coefficient (Wildman–Crippen LogP) is 3.93. The van der Waals surface area contributed by atoms with Crippen LogP contribution in [0.5, 0.6) is 5.75 Å². The summed E-state index contributed by atoms with van der Waals surface area (Å²) in [5.74, 6) is 1.81. The van der Waals surface area contributed by atoms with Crippen LogP contribution in [0.15, 0.2) is 28.8 Å². The summed E-state index contributed by atoms with van der Waals surface area (Å²) in [6.45, 7) is 9.71. The van der Waals surface area contributed by atoms with Crippen molar-refractivity contribution >= 4 is 0 Å². The summed E-state index contributed by atoms with van der Waals surface area (Å²) in [5, 5.41) is 7.52. The molecule has 1 heterocycles. The topological polar surface area (TPSA) is 47.3 Å². The molecular formula is C17H24N2O2. The second-order valence-corrected chi connectivity index (χ2v) is 5.34. The number of hydrogen-bond donors (Lipinski definition) is 1. The first-order valence-electron chi connectivity index (χ1n) is 7.49. The quantitative estimate of drug-likeness (QED) is 0.838. The van der Waals surface area contributed by atoms with Crippen LogP contribution in [0.25, 0.3) is 0 Å². The van der Waals surface area contributed by atoms with E-state index in [9.17, 15) is 0 Å². The number of nitrogens with one attached hydrogen (secondary N) is 1. The van der Waals surface area contributed by atoms with Gasteiger partial charge in [-0.3, -0.25) is 0 Å². The Hall–Kier alpha value is -1.81. The molecule has 1 aromatic carbocycles. The van der Waals surface area contributed by atoms with E-state index < -0.39 is 0 Å². The van der Waals surface area contributed by atoms with Gasteiger partial charge in [-0.2, -0.15) is 0 Å². The molecule has 0 saturated carbocycles. The van der Waals surface area contributed by atoms with Gasteiger partial charge in [-0.15, -0.1) is 0 Å². The van der Waals surface area contributed by atoms with E-state index in [1.54, 1.807) is 0 Å². The molecule has 0 aliphatic carbocycles. The second-order valence-electron chi connectivity index (χ2n) is 5.34. The number of aryl methyl sites for hydroxylation is 2. The minimum absolute atomic E-state index is 0.205. The van der Waals surface area contributed by atoms with Crippen molar-refractivity contribution in [1.29, 1.82) is 0 Å². The minimum atomic E-state index is 0.205. The standard InChI is InChI=1S/C17H24N2O2/c1-5-9-20-16-8-6-7-15(10-16)11-18-12(2)17-13(3)19-21-14(17)4/h6-8,10,12,18H,5,9,11H2,1-4H3. The monoisotopic (exact) mass is 288 g/mol. The van der Waals surface area contributed by atoms with Crippen molar-refractivity contribution < 1.29 is 9.26 Å². The molecule has 1 unspecified atom stereocenters. The third-order valence-corrected chi connectivity index (χ3v) is 3.51. The molecule has 0 radical (unpaired) electrons. The summed E-state index contributed by atoms with van der Waals surface area (Å²) in [7, 11) is 0. The molecule has 0 aliphatic rings. The molecule has 114 valence electrons. The van der Waals surface area contributed by atoms with E-state index in [4.69, 9.17) is 9.26 Å². The van der Waals surface area contributed by atoms with Crippen molar-refractivity contribution in [3.63, 3.8) is 0 Å². The van der Waals surface area contributed by atoms with E-state index in [-0.39, 0.29) is 6.04 Å². The van der Waals surface area contributed by atoms with Crippen LogP contribution in [0.3, 0.4) is 0 Å². The number of benzene rings is 1. The van der Waals surface area contributed by atoms with Gasteiger partial charge in [0.05, 0.1) is 12.3 Å². The zero-order chi connectivity index (χ0) is 15.2. The van der Waals surface area contributed by atoms with Crippen LogP contribution in [-0.4, -0.2) is 11.8 Å². The Labute approximate surface area is 126 Å². The molecular weight excluding hydrogens is 264 g/mol. The summed E-state index contributed by atoms with van der Waals surface area (Å²) >= 11 is 0. The van der Waals surface area contributed by atoms with Gasteiger partial charge >= 0.3 is 0 Å². The van der Waals surface area contributed by atoms with Gasteiger partial charge in [0.2, 0.25) is 0 Å². The van der Waals surface area contributed by atoms with Crippen LogP contribution < -0.4 is 10.1 Å². The average molecular weight is 288 g/mol. The van der Waals surface area contributed by atoms with E-state index >= 15 is 0 Å². The highest BCUT2D eigenvalue weighted by molar-refractivity contribution is 5.29. The van der Waals surface area contributed by atoms with Crippen molar-refractivity contribution in [2.75, 3.05) is 6.61 Å². The van der Waals surface area contributed by atoms with Crippen LogP contribution in [0, 0.1) is 13.8 Å². The molecule has 2 rings (SSSR count). The van der Waals surface area contributed by atoms with Gasteiger partial charge in [0.1, 0.15) is 11.5 Å². The Balaban J connectivity index is 1.96. The highest BCUT2D eigenvalue weighted by atomic mass is 16.5. The van der Waals surface area contributed by atoms with Crippen molar-refractivity contribution in [2.45, 2.75) is 46.7 Å².